The molecule has 7 bridgehead atoms. The van der Waals surface area contributed by atoms with E-state index in [9.17, 15) is 44.7 Å². The molecule has 11 fully saturated rings. The quantitative estimate of drug-likeness (QED) is 0.182. The standard InChI is InChI=1S/C46H60F8O10/c1-25-5-27-7-29(11-32(8-27)45(25)63-23-43(51,52)44(53,54)24-64-45)35(55)57-17-38(19-61-46(62-20-38)33-10-28-9-31-12-34(46)40(31,14-28)16-33)18-60-37(56)39-4-2-3-26(13-39)6-30(15-39)36-58-21-41(47,48)42(49,50)22-59-36/h25-34,36H,2-24H2,1H3. The number of hydrogen-bond donors (Lipinski definition) is 0. The Balaban J connectivity index is 0.801. The number of rotatable bonds is 7. The van der Waals surface area contributed by atoms with E-state index in [0.29, 0.717) is 56.8 Å². The molecule has 0 radical (unpaired) electrons. The molecule has 3 saturated heterocycles. The van der Waals surface area contributed by atoms with Gasteiger partial charge in [-0.25, -0.2) is 0 Å². The van der Waals surface area contributed by atoms with Crippen LogP contribution in [0.15, 0.2) is 0 Å². The second-order valence-corrected chi connectivity index (χ2v) is 22.8. The fourth-order valence-electron chi connectivity index (χ4n) is 15.9. The second-order valence-electron chi connectivity index (χ2n) is 22.8. The van der Waals surface area contributed by atoms with E-state index in [1.165, 1.54) is 12.8 Å². The SMILES string of the molecule is CC1CC2CC(C(=O)OCC3(COC(=O)C45CCCC(CC(C6OCC(F)(F)C(F)(F)CO6)C4)C5)COC4(OC3)C3CC5CC6CC4C6(C5)C3)CC(C2)C12OCC(F)(F)C(F)(F)CO2. The highest BCUT2D eigenvalue weighted by Gasteiger charge is 2.78. The normalized spacial score (nSPS) is 49.0. The summed E-state index contributed by atoms with van der Waals surface area (Å²) in [5, 5.41) is 0. The van der Waals surface area contributed by atoms with Crippen molar-refractivity contribution in [3.05, 3.63) is 0 Å². The molecule has 3 spiro atoms. The van der Waals surface area contributed by atoms with Crippen molar-refractivity contribution in [3.63, 3.8) is 0 Å². The Morgan fingerprint density at radius 2 is 1.20 bits per heavy atom. The molecule has 0 aromatic rings. The highest BCUT2D eigenvalue weighted by Crippen LogP contribution is 2.79. The van der Waals surface area contributed by atoms with E-state index in [0.717, 1.165) is 25.7 Å². The fourth-order valence-corrected chi connectivity index (χ4v) is 15.9. The Hall–Kier alpha value is -1.86. The first-order valence-electron chi connectivity index (χ1n) is 23.8. The zero-order chi connectivity index (χ0) is 44.9. The Labute approximate surface area is 367 Å². The maximum atomic E-state index is 14.5. The van der Waals surface area contributed by atoms with Crippen molar-refractivity contribution in [2.45, 2.75) is 145 Å². The van der Waals surface area contributed by atoms with Gasteiger partial charge in [0.1, 0.15) is 39.6 Å². The van der Waals surface area contributed by atoms with Crippen LogP contribution < -0.4 is 0 Å². The van der Waals surface area contributed by atoms with Crippen molar-refractivity contribution in [1.29, 1.82) is 0 Å². The van der Waals surface area contributed by atoms with Crippen LogP contribution in [0.3, 0.4) is 0 Å². The van der Waals surface area contributed by atoms with Crippen LogP contribution in [0.5, 0.6) is 0 Å². The number of alkyl halides is 8. The van der Waals surface area contributed by atoms with Crippen LogP contribution in [0.2, 0.25) is 0 Å². The number of carbonyl (C=O) groups excluding carboxylic acids is 2. The number of esters is 2. The molecule has 0 N–H and O–H groups in total. The lowest BCUT2D eigenvalue weighted by atomic mass is 9.55. The van der Waals surface area contributed by atoms with E-state index in [1.807, 2.05) is 0 Å². The molecular formula is C46H60F8O10. The van der Waals surface area contributed by atoms with Crippen molar-refractivity contribution >= 4 is 11.9 Å². The van der Waals surface area contributed by atoms with E-state index in [2.05, 4.69) is 0 Å². The van der Waals surface area contributed by atoms with Gasteiger partial charge in [0.25, 0.3) is 0 Å². The highest BCUT2D eigenvalue weighted by molar-refractivity contribution is 5.77. The summed E-state index contributed by atoms with van der Waals surface area (Å²) < 4.78 is 163. The lowest BCUT2D eigenvalue weighted by molar-refractivity contribution is -0.359. The first-order valence-corrected chi connectivity index (χ1v) is 23.8. The maximum Gasteiger partial charge on any atom is 0.335 e. The summed E-state index contributed by atoms with van der Waals surface area (Å²) in [6, 6.07) is 0. The third kappa shape index (κ3) is 6.70. The first kappa shape index (κ1) is 44.6. The average Bonchev–Trinajstić information content (AvgIpc) is 3.39. The van der Waals surface area contributed by atoms with E-state index in [-0.39, 0.29) is 68.4 Å². The van der Waals surface area contributed by atoms with Gasteiger partial charge in [-0.2, -0.15) is 35.1 Å². The summed E-state index contributed by atoms with van der Waals surface area (Å²) in [7, 11) is 0. The van der Waals surface area contributed by atoms with Crippen molar-refractivity contribution in [1.82, 2.24) is 0 Å². The number of carbonyl (C=O) groups is 2. The fraction of sp³-hybridized carbons (Fsp3) is 0.957. The largest absolute Gasteiger partial charge is 0.465 e. The zero-order valence-corrected chi connectivity index (χ0v) is 36.2. The lowest BCUT2D eigenvalue weighted by Gasteiger charge is -2.56. The first-order chi connectivity index (χ1) is 30.1. The molecule has 0 amide bonds. The van der Waals surface area contributed by atoms with Gasteiger partial charge >= 0.3 is 35.6 Å². The van der Waals surface area contributed by atoms with Gasteiger partial charge in [-0.05, 0) is 113 Å². The summed E-state index contributed by atoms with van der Waals surface area (Å²) in [4.78, 5) is 28.6. The molecule has 64 heavy (non-hydrogen) atoms. The summed E-state index contributed by atoms with van der Waals surface area (Å²) in [6.45, 7) is -4.57. The molecule has 11 aliphatic rings. The summed E-state index contributed by atoms with van der Waals surface area (Å²) in [5.74, 6) is -21.9. The summed E-state index contributed by atoms with van der Waals surface area (Å²) >= 11 is 0. The minimum absolute atomic E-state index is 0.00532. The predicted octanol–water partition coefficient (Wildman–Crippen LogP) is 8.57. The molecule has 3 aliphatic heterocycles. The van der Waals surface area contributed by atoms with Crippen LogP contribution in [0, 0.1) is 75.4 Å². The number of hydrogen-bond acceptors (Lipinski definition) is 10. The molecule has 11 rings (SSSR count). The lowest BCUT2D eigenvalue weighted by Crippen LogP contribution is -2.61. The smallest absolute Gasteiger partial charge is 0.335 e. The average molecular weight is 925 g/mol. The van der Waals surface area contributed by atoms with Gasteiger partial charge < -0.3 is 37.9 Å². The third-order valence-corrected chi connectivity index (χ3v) is 18.9. The molecule has 18 heteroatoms. The molecule has 10 nitrogen and oxygen atoms in total. The Bertz CT molecular complexity index is 1820. The van der Waals surface area contributed by atoms with Gasteiger partial charge in [-0.3, -0.25) is 9.59 Å². The van der Waals surface area contributed by atoms with Gasteiger partial charge in [0.05, 0.1) is 30.0 Å². The molecule has 8 aliphatic carbocycles. The summed E-state index contributed by atoms with van der Waals surface area (Å²) in [5.41, 5.74) is -1.94. The molecule has 3 heterocycles. The molecular weight excluding hydrogens is 864 g/mol. The van der Waals surface area contributed by atoms with Crippen molar-refractivity contribution in [2.24, 2.45) is 75.4 Å². The predicted molar refractivity (Wildman–Crippen MR) is 204 cm³/mol. The van der Waals surface area contributed by atoms with Crippen molar-refractivity contribution < 1.29 is 82.6 Å². The molecule has 0 aromatic heterocycles. The van der Waals surface area contributed by atoms with Crippen LogP contribution in [-0.2, 0) is 47.5 Å². The number of halogens is 8. The third-order valence-electron chi connectivity index (χ3n) is 18.9. The summed E-state index contributed by atoms with van der Waals surface area (Å²) in [6.07, 6.45) is 8.64. The van der Waals surface area contributed by atoms with Crippen molar-refractivity contribution in [3.8, 4) is 0 Å². The van der Waals surface area contributed by atoms with Crippen LogP contribution >= 0.6 is 0 Å². The monoisotopic (exact) mass is 924 g/mol. The van der Waals surface area contributed by atoms with E-state index >= 15 is 0 Å². The second kappa shape index (κ2) is 14.8. The van der Waals surface area contributed by atoms with Gasteiger partial charge in [-0.15, -0.1) is 0 Å². The maximum absolute atomic E-state index is 14.5. The Morgan fingerprint density at radius 3 is 1.91 bits per heavy atom. The topological polar surface area (TPSA) is 108 Å². The van der Waals surface area contributed by atoms with Crippen LogP contribution in [-0.4, -0.2) is 106 Å². The molecule has 360 valence electrons. The van der Waals surface area contributed by atoms with Gasteiger partial charge in [0.2, 0.25) is 0 Å². The zero-order valence-electron chi connectivity index (χ0n) is 36.2. The van der Waals surface area contributed by atoms with Crippen LogP contribution in [0.25, 0.3) is 0 Å². The van der Waals surface area contributed by atoms with Crippen LogP contribution in [0.1, 0.15) is 103 Å². The van der Waals surface area contributed by atoms with Crippen molar-refractivity contribution in [2.75, 3.05) is 52.9 Å². The van der Waals surface area contributed by atoms with Crippen LogP contribution in [0.4, 0.5) is 35.1 Å². The minimum atomic E-state index is -4.42. The molecule has 12 atom stereocenters. The number of ether oxygens (including phenoxy) is 8. The van der Waals surface area contributed by atoms with Gasteiger partial charge in [0, 0.05) is 29.6 Å². The Kier molecular flexibility index (Phi) is 10.3. The van der Waals surface area contributed by atoms with Gasteiger partial charge in [-0.1, -0.05) is 19.8 Å². The molecule has 0 aromatic carbocycles. The molecule has 12 unspecified atom stereocenters. The van der Waals surface area contributed by atoms with E-state index < -0.39 is 114 Å². The van der Waals surface area contributed by atoms with E-state index in [1.54, 1.807) is 6.92 Å². The van der Waals surface area contributed by atoms with E-state index in [4.69, 9.17) is 37.9 Å². The molecule has 8 saturated carbocycles. The minimum Gasteiger partial charge on any atom is -0.465 e. The van der Waals surface area contributed by atoms with Gasteiger partial charge in [0.15, 0.2) is 17.9 Å². The highest BCUT2D eigenvalue weighted by atomic mass is 19.3. The Morgan fingerprint density at radius 1 is 0.578 bits per heavy atom. The number of fused-ring (bicyclic) bond motifs is 9.